The average Bonchev–Trinajstić information content (AvgIpc) is 2.71. The normalized spacial score (nSPS) is 21.3. The second-order valence-corrected chi connectivity index (χ2v) is 8.34. The molecule has 0 bridgehead atoms. The van der Waals surface area contributed by atoms with Gasteiger partial charge in [-0.25, -0.2) is 0 Å². The van der Waals surface area contributed by atoms with Crippen molar-refractivity contribution in [3.63, 3.8) is 0 Å². The zero-order valence-electron chi connectivity index (χ0n) is 17.5. The third-order valence-corrected chi connectivity index (χ3v) is 6.21. The van der Waals surface area contributed by atoms with Crippen LogP contribution in [0.5, 0.6) is 0 Å². The lowest BCUT2D eigenvalue weighted by atomic mass is 9.93. The predicted octanol–water partition coefficient (Wildman–Crippen LogP) is 3.51. The van der Waals surface area contributed by atoms with Crippen LogP contribution in [0.3, 0.4) is 0 Å². The molecule has 154 valence electrons. The van der Waals surface area contributed by atoms with Crippen LogP contribution in [0.1, 0.15) is 57.4 Å². The lowest BCUT2D eigenvalue weighted by Gasteiger charge is -2.34. The molecule has 1 aliphatic heterocycles. The van der Waals surface area contributed by atoms with Crippen molar-refractivity contribution in [1.29, 1.82) is 0 Å². The molecule has 1 heterocycles. The van der Waals surface area contributed by atoms with Crippen molar-refractivity contribution in [3.05, 3.63) is 29.8 Å². The van der Waals surface area contributed by atoms with Gasteiger partial charge in [0.2, 0.25) is 11.8 Å². The van der Waals surface area contributed by atoms with Gasteiger partial charge in [-0.2, -0.15) is 0 Å². The first-order chi connectivity index (χ1) is 13.6. The number of likely N-dealkylation sites (tertiary alicyclic amines) is 1. The van der Waals surface area contributed by atoms with Gasteiger partial charge in [0.25, 0.3) is 0 Å². The van der Waals surface area contributed by atoms with Crippen LogP contribution in [0.2, 0.25) is 0 Å². The number of anilines is 1. The number of carbonyl (C=O) groups excluding carboxylic acids is 2. The maximum absolute atomic E-state index is 13.0. The molecule has 1 aliphatic carbocycles. The summed E-state index contributed by atoms with van der Waals surface area (Å²) in [6.07, 6.45) is 7.88. The number of aryl methyl sites for hydroxylation is 1. The van der Waals surface area contributed by atoms with Crippen molar-refractivity contribution < 1.29 is 9.59 Å². The molecule has 5 nitrogen and oxygen atoms in total. The van der Waals surface area contributed by atoms with Crippen molar-refractivity contribution in [3.8, 4) is 0 Å². The Morgan fingerprint density at radius 2 is 1.86 bits per heavy atom. The maximum atomic E-state index is 13.0. The molecule has 0 spiro atoms. The third-order valence-electron chi connectivity index (χ3n) is 6.21. The minimum atomic E-state index is 0.0111. The number of nitrogens with one attached hydrogen (secondary N) is 1. The Bertz CT molecular complexity index is 670. The van der Waals surface area contributed by atoms with Gasteiger partial charge in [0.05, 0.1) is 12.5 Å². The van der Waals surface area contributed by atoms with Gasteiger partial charge in [-0.15, -0.1) is 0 Å². The minimum absolute atomic E-state index is 0.0111. The standard InChI is InChI=1S/C23H35N3O2/c1-3-26(21-14-8-7-10-18(21)2)22(27)17-25-15-9-11-19(16-25)23(28)24-20-12-5-4-6-13-20/h7-8,10,14,19-20H,3-6,9,11-13,15-17H2,1-2H3,(H,24,28). The second-order valence-electron chi connectivity index (χ2n) is 8.34. The van der Waals surface area contributed by atoms with Gasteiger partial charge in [0, 0.05) is 24.8 Å². The molecule has 2 fully saturated rings. The highest BCUT2D eigenvalue weighted by atomic mass is 16.2. The largest absolute Gasteiger partial charge is 0.353 e. The molecule has 1 aromatic rings. The molecule has 28 heavy (non-hydrogen) atoms. The second kappa shape index (κ2) is 10.1. The van der Waals surface area contributed by atoms with E-state index in [4.69, 9.17) is 0 Å². The fourth-order valence-electron chi connectivity index (χ4n) is 4.60. The molecule has 2 amide bonds. The van der Waals surface area contributed by atoms with Gasteiger partial charge in [-0.05, 0) is 57.7 Å². The molecule has 1 unspecified atom stereocenters. The first kappa shape index (κ1) is 20.8. The SMILES string of the molecule is CCN(C(=O)CN1CCCC(C(=O)NC2CCCCC2)C1)c1ccccc1C. The highest BCUT2D eigenvalue weighted by Gasteiger charge is 2.29. The van der Waals surface area contributed by atoms with E-state index in [1.807, 2.05) is 43.0 Å². The Labute approximate surface area is 169 Å². The first-order valence-corrected chi connectivity index (χ1v) is 11.0. The summed E-state index contributed by atoms with van der Waals surface area (Å²) in [5, 5.41) is 3.27. The Morgan fingerprint density at radius 1 is 1.11 bits per heavy atom. The Balaban J connectivity index is 1.55. The van der Waals surface area contributed by atoms with E-state index >= 15 is 0 Å². The summed E-state index contributed by atoms with van der Waals surface area (Å²) in [6, 6.07) is 8.38. The van der Waals surface area contributed by atoms with E-state index in [0.29, 0.717) is 25.7 Å². The molecular weight excluding hydrogens is 350 g/mol. The molecule has 2 aliphatic rings. The molecular formula is C23H35N3O2. The van der Waals surface area contributed by atoms with E-state index in [9.17, 15) is 9.59 Å². The van der Waals surface area contributed by atoms with Gasteiger partial charge >= 0.3 is 0 Å². The highest BCUT2D eigenvalue weighted by Crippen LogP contribution is 2.22. The molecule has 1 saturated carbocycles. The lowest BCUT2D eigenvalue weighted by molar-refractivity contribution is -0.129. The summed E-state index contributed by atoms with van der Waals surface area (Å²) in [5.41, 5.74) is 2.10. The van der Waals surface area contributed by atoms with Crippen LogP contribution >= 0.6 is 0 Å². The summed E-state index contributed by atoms with van der Waals surface area (Å²) in [6.45, 7) is 6.68. The van der Waals surface area contributed by atoms with Crippen LogP contribution in [-0.4, -0.2) is 48.9 Å². The molecule has 5 heteroatoms. The Hall–Kier alpha value is -1.88. The van der Waals surface area contributed by atoms with Crippen LogP contribution < -0.4 is 10.2 Å². The van der Waals surface area contributed by atoms with Gasteiger partial charge in [0.15, 0.2) is 0 Å². The van der Waals surface area contributed by atoms with Crippen LogP contribution in [0.15, 0.2) is 24.3 Å². The van der Waals surface area contributed by atoms with Crippen molar-refractivity contribution in [2.24, 2.45) is 5.92 Å². The summed E-state index contributed by atoms with van der Waals surface area (Å²) < 4.78 is 0. The topological polar surface area (TPSA) is 52.7 Å². The number of para-hydroxylation sites is 1. The number of amides is 2. The number of nitrogens with zero attached hydrogens (tertiary/aromatic N) is 2. The molecule has 1 atom stereocenters. The van der Waals surface area contributed by atoms with Crippen molar-refractivity contribution >= 4 is 17.5 Å². The Morgan fingerprint density at radius 3 is 2.57 bits per heavy atom. The average molecular weight is 386 g/mol. The van der Waals surface area contributed by atoms with Gasteiger partial charge in [-0.3, -0.25) is 14.5 Å². The lowest BCUT2D eigenvalue weighted by Crippen LogP contribution is -2.49. The van der Waals surface area contributed by atoms with Crippen LogP contribution in [-0.2, 0) is 9.59 Å². The quantitative estimate of drug-likeness (QED) is 0.815. The fourth-order valence-corrected chi connectivity index (χ4v) is 4.60. The van der Waals surface area contributed by atoms with E-state index in [1.54, 1.807) is 0 Å². The Kier molecular flexibility index (Phi) is 7.49. The van der Waals surface area contributed by atoms with Gasteiger partial charge in [0.1, 0.15) is 0 Å². The summed E-state index contributed by atoms with van der Waals surface area (Å²) in [5.74, 6) is 0.317. The van der Waals surface area contributed by atoms with Gasteiger partial charge < -0.3 is 10.2 Å². The summed E-state index contributed by atoms with van der Waals surface area (Å²) in [4.78, 5) is 29.7. The van der Waals surface area contributed by atoms with Crippen LogP contribution in [0.4, 0.5) is 5.69 Å². The third kappa shape index (κ3) is 5.34. The number of hydrogen-bond donors (Lipinski definition) is 1. The van der Waals surface area contributed by atoms with Crippen LogP contribution in [0.25, 0.3) is 0 Å². The molecule has 0 radical (unpaired) electrons. The molecule has 1 N–H and O–H groups in total. The number of likely N-dealkylation sites (N-methyl/N-ethyl adjacent to an activating group) is 1. The number of carbonyl (C=O) groups is 2. The van der Waals surface area contributed by atoms with E-state index in [-0.39, 0.29) is 17.7 Å². The summed E-state index contributed by atoms with van der Waals surface area (Å²) >= 11 is 0. The number of benzene rings is 1. The number of hydrogen-bond acceptors (Lipinski definition) is 3. The fraction of sp³-hybridized carbons (Fsp3) is 0.652. The van der Waals surface area contributed by atoms with E-state index in [0.717, 1.165) is 43.5 Å². The molecule has 0 aromatic heterocycles. The highest BCUT2D eigenvalue weighted by molar-refractivity contribution is 5.95. The zero-order valence-corrected chi connectivity index (χ0v) is 17.5. The molecule has 1 saturated heterocycles. The smallest absolute Gasteiger partial charge is 0.241 e. The van der Waals surface area contributed by atoms with Crippen molar-refractivity contribution in [2.45, 2.75) is 64.8 Å². The van der Waals surface area contributed by atoms with E-state index in [2.05, 4.69) is 10.2 Å². The molecule has 3 rings (SSSR count). The maximum Gasteiger partial charge on any atom is 0.241 e. The zero-order chi connectivity index (χ0) is 19.9. The summed E-state index contributed by atoms with van der Waals surface area (Å²) in [7, 11) is 0. The number of piperidine rings is 1. The van der Waals surface area contributed by atoms with Crippen molar-refractivity contribution in [1.82, 2.24) is 10.2 Å². The molecule has 1 aromatic carbocycles. The predicted molar refractivity (Wildman–Crippen MR) is 113 cm³/mol. The van der Waals surface area contributed by atoms with Crippen molar-refractivity contribution in [2.75, 3.05) is 31.1 Å². The minimum Gasteiger partial charge on any atom is -0.353 e. The van der Waals surface area contributed by atoms with Crippen LogP contribution in [0, 0.1) is 12.8 Å². The first-order valence-electron chi connectivity index (χ1n) is 11.0. The van der Waals surface area contributed by atoms with Gasteiger partial charge in [-0.1, -0.05) is 37.5 Å². The monoisotopic (exact) mass is 385 g/mol. The van der Waals surface area contributed by atoms with E-state index < -0.39 is 0 Å². The number of rotatable bonds is 6. The van der Waals surface area contributed by atoms with E-state index in [1.165, 1.54) is 19.3 Å².